The second-order valence-corrected chi connectivity index (χ2v) is 9.31. The van der Waals surface area contributed by atoms with Crippen LogP contribution in [0.15, 0.2) is 22.7 Å². The quantitative estimate of drug-likeness (QED) is 0.380. The number of aliphatic hydroxyl groups excluding tert-OH is 1. The molecule has 0 unspecified atom stereocenters. The van der Waals surface area contributed by atoms with Crippen molar-refractivity contribution in [2.24, 2.45) is 0 Å². The third-order valence-corrected chi connectivity index (χ3v) is 6.58. The van der Waals surface area contributed by atoms with Gasteiger partial charge < -0.3 is 29.7 Å². The second kappa shape index (κ2) is 10.9. The molecule has 3 N–H and O–H groups in total. The number of likely N-dealkylation sites (N-methyl/N-ethyl adjacent to an activating group) is 1. The summed E-state index contributed by atoms with van der Waals surface area (Å²) in [7, 11) is 3.51. The van der Waals surface area contributed by atoms with Crippen molar-refractivity contribution in [2.45, 2.75) is 51.9 Å². The standard InChI is InChI=1S/C25H32ClN5O4/c1-13-23(22-14(2)31-35-15(22)3)29-25(30-24(13)28-16-8-19(9-16)33-5)20-10-18(6-7-21(20)26)34-12-17(32)11-27-4/h6-7,10,16-17,19,27,32H,8-9,11-12H2,1-5H3,(H,28,29,30)/t16-,17-,19-/m0/s1. The zero-order chi connectivity index (χ0) is 25.1. The summed E-state index contributed by atoms with van der Waals surface area (Å²) in [5.41, 5.74) is 3.87. The molecule has 0 amide bonds. The summed E-state index contributed by atoms with van der Waals surface area (Å²) in [5.74, 6) is 2.45. The lowest BCUT2D eigenvalue weighted by atomic mass is 9.89. The summed E-state index contributed by atoms with van der Waals surface area (Å²) in [6.07, 6.45) is 1.46. The molecule has 188 valence electrons. The van der Waals surface area contributed by atoms with Crippen molar-refractivity contribution in [3.8, 4) is 28.4 Å². The SMILES string of the molecule is CNC[C@H](O)COc1ccc(Cl)c(-c2nc(N[C@H]3C[C@H](OC)C3)c(C)c(-c3c(C)noc3C)n2)c1. The van der Waals surface area contributed by atoms with Gasteiger partial charge in [0.2, 0.25) is 0 Å². The van der Waals surface area contributed by atoms with Gasteiger partial charge >= 0.3 is 0 Å². The fourth-order valence-electron chi connectivity index (χ4n) is 4.16. The van der Waals surface area contributed by atoms with Gasteiger partial charge in [-0.1, -0.05) is 16.8 Å². The van der Waals surface area contributed by atoms with E-state index in [1.807, 2.05) is 20.8 Å². The van der Waals surface area contributed by atoms with Gasteiger partial charge in [0.1, 0.15) is 30.0 Å². The summed E-state index contributed by atoms with van der Waals surface area (Å²) < 4.78 is 16.6. The summed E-state index contributed by atoms with van der Waals surface area (Å²) in [6.45, 7) is 6.34. The van der Waals surface area contributed by atoms with Crippen molar-refractivity contribution >= 4 is 17.4 Å². The average Bonchev–Trinajstić information content (AvgIpc) is 3.14. The molecule has 1 saturated carbocycles. The Morgan fingerprint density at radius 2 is 2.00 bits per heavy atom. The predicted molar refractivity (Wildman–Crippen MR) is 135 cm³/mol. The van der Waals surface area contributed by atoms with Crippen LogP contribution in [0.2, 0.25) is 5.02 Å². The summed E-state index contributed by atoms with van der Waals surface area (Å²) in [5, 5.41) is 21.1. The highest BCUT2D eigenvalue weighted by Crippen LogP contribution is 2.37. The molecule has 3 aromatic rings. The molecule has 2 heterocycles. The maximum absolute atomic E-state index is 9.99. The topological polar surface area (TPSA) is 115 Å². The number of halogens is 1. The number of rotatable bonds is 10. The Kier molecular flexibility index (Phi) is 7.91. The van der Waals surface area contributed by atoms with E-state index in [-0.39, 0.29) is 18.8 Å². The highest BCUT2D eigenvalue weighted by Gasteiger charge is 2.30. The lowest BCUT2D eigenvalue weighted by molar-refractivity contribution is 0.0328. The van der Waals surface area contributed by atoms with Crippen molar-refractivity contribution < 1.29 is 19.1 Å². The van der Waals surface area contributed by atoms with Crippen LogP contribution in [0.25, 0.3) is 22.6 Å². The number of hydrogen-bond acceptors (Lipinski definition) is 9. The van der Waals surface area contributed by atoms with E-state index in [9.17, 15) is 5.11 Å². The van der Waals surface area contributed by atoms with Crippen molar-refractivity contribution in [1.29, 1.82) is 0 Å². The van der Waals surface area contributed by atoms with Gasteiger partial charge in [0.25, 0.3) is 0 Å². The molecule has 0 radical (unpaired) electrons. The Balaban J connectivity index is 1.73. The highest BCUT2D eigenvalue weighted by atomic mass is 35.5. The Morgan fingerprint density at radius 1 is 1.23 bits per heavy atom. The molecule has 0 spiro atoms. The number of aromatic nitrogens is 3. The number of ether oxygens (including phenoxy) is 2. The van der Waals surface area contributed by atoms with Crippen LogP contribution in [0.3, 0.4) is 0 Å². The largest absolute Gasteiger partial charge is 0.491 e. The number of methoxy groups -OCH3 is 1. The van der Waals surface area contributed by atoms with Crippen molar-refractivity contribution in [2.75, 3.05) is 32.6 Å². The van der Waals surface area contributed by atoms with E-state index in [0.717, 1.165) is 41.2 Å². The minimum Gasteiger partial charge on any atom is -0.491 e. The van der Waals surface area contributed by atoms with Gasteiger partial charge in [-0.2, -0.15) is 0 Å². The predicted octanol–water partition coefficient (Wildman–Crippen LogP) is 3.93. The number of aryl methyl sites for hydroxylation is 2. The number of nitrogens with one attached hydrogen (secondary N) is 2. The molecule has 1 aliphatic carbocycles. The van der Waals surface area contributed by atoms with E-state index in [1.54, 1.807) is 32.4 Å². The molecule has 2 aromatic heterocycles. The molecule has 1 aliphatic rings. The van der Waals surface area contributed by atoms with Gasteiger partial charge in [-0.25, -0.2) is 9.97 Å². The lowest BCUT2D eigenvalue weighted by Gasteiger charge is -2.35. The van der Waals surface area contributed by atoms with Crippen LogP contribution >= 0.6 is 11.6 Å². The van der Waals surface area contributed by atoms with Crippen LogP contribution in [0.5, 0.6) is 5.75 Å². The third kappa shape index (κ3) is 5.59. The van der Waals surface area contributed by atoms with Gasteiger partial charge in [-0.05, 0) is 58.9 Å². The Labute approximate surface area is 210 Å². The van der Waals surface area contributed by atoms with Crippen molar-refractivity contribution in [3.63, 3.8) is 0 Å². The Bertz CT molecular complexity index is 1160. The van der Waals surface area contributed by atoms with Gasteiger partial charge in [0.15, 0.2) is 5.82 Å². The molecular formula is C25H32ClN5O4. The number of anilines is 1. The first-order chi connectivity index (χ1) is 16.8. The molecule has 0 bridgehead atoms. The van der Waals surface area contributed by atoms with Gasteiger partial charge in [0.05, 0.1) is 28.1 Å². The molecule has 10 heteroatoms. The number of benzene rings is 1. The first-order valence-electron chi connectivity index (χ1n) is 11.7. The molecule has 1 fully saturated rings. The van der Waals surface area contributed by atoms with Crippen LogP contribution in [-0.2, 0) is 4.74 Å². The van der Waals surface area contributed by atoms with Crippen molar-refractivity contribution in [3.05, 3.63) is 40.2 Å². The van der Waals surface area contributed by atoms with Crippen LogP contribution in [0.4, 0.5) is 5.82 Å². The first-order valence-corrected chi connectivity index (χ1v) is 12.0. The van der Waals surface area contributed by atoms with E-state index in [0.29, 0.717) is 34.5 Å². The lowest BCUT2D eigenvalue weighted by Crippen LogP contribution is -2.40. The van der Waals surface area contributed by atoms with E-state index in [1.165, 1.54) is 0 Å². The molecular weight excluding hydrogens is 470 g/mol. The summed E-state index contributed by atoms with van der Waals surface area (Å²) in [4.78, 5) is 9.76. The number of nitrogens with zero attached hydrogens (tertiary/aromatic N) is 3. The Hall–Kier alpha value is -2.72. The number of aliphatic hydroxyl groups is 1. The highest BCUT2D eigenvalue weighted by molar-refractivity contribution is 6.33. The summed E-state index contributed by atoms with van der Waals surface area (Å²) >= 11 is 6.59. The van der Waals surface area contributed by atoms with Gasteiger partial charge in [-0.15, -0.1) is 0 Å². The maximum Gasteiger partial charge on any atom is 0.163 e. The van der Waals surface area contributed by atoms with Crippen LogP contribution < -0.4 is 15.4 Å². The van der Waals surface area contributed by atoms with E-state index < -0.39 is 6.10 Å². The molecule has 0 saturated heterocycles. The monoisotopic (exact) mass is 501 g/mol. The second-order valence-electron chi connectivity index (χ2n) is 8.90. The Morgan fingerprint density at radius 3 is 2.66 bits per heavy atom. The average molecular weight is 502 g/mol. The minimum atomic E-state index is -0.630. The van der Waals surface area contributed by atoms with E-state index in [2.05, 4.69) is 15.8 Å². The fraction of sp³-hybridized carbons (Fsp3) is 0.480. The molecule has 1 aromatic carbocycles. The smallest absolute Gasteiger partial charge is 0.163 e. The molecule has 9 nitrogen and oxygen atoms in total. The normalized spacial score (nSPS) is 18.3. The number of hydrogen-bond donors (Lipinski definition) is 3. The molecule has 35 heavy (non-hydrogen) atoms. The van der Waals surface area contributed by atoms with Crippen LogP contribution in [-0.4, -0.2) is 65.8 Å². The van der Waals surface area contributed by atoms with Crippen LogP contribution in [0, 0.1) is 20.8 Å². The molecule has 1 atom stereocenters. The third-order valence-electron chi connectivity index (χ3n) is 6.25. The van der Waals surface area contributed by atoms with E-state index >= 15 is 0 Å². The summed E-state index contributed by atoms with van der Waals surface area (Å²) in [6, 6.07) is 5.57. The zero-order valence-electron chi connectivity index (χ0n) is 20.7. The van der Waals surface area contributed by atoms with Gasteiger partial charge in [0, 0.05) is 30.8 Å². The fourth-order valence-corrected chi connectivity index (χ4v) is 4.37. The van der Waals surface area contributed by atoms with Crippen LogP contribution in [0.1, 0.15) is 29.9 Å². The van der Waals surface area contributed by atoms with E-state index in [4.69, 9.17) is 35.6 Å². The van der Waals surface area contributed by atoms with Crippen molar-refractivity contribution in [1.82, 2.24) is 20.4 Å². The molecule has 4 rings (SSSR count). The zero-order valence-corrected chi connectivity index (χ0v) is 21.4. The van der Waals surface area contributed by atoms with Gasteiger partial charge in [-0.3, -0.25) is 0 Å². The molecule has 0 aliphatic heterocycles. The first kappa shape index (κ1) is 25.4. The maximum atomic E-state index is 9.99. The minimum absolute atomic E-state index is 0.149.